The Morgan fingerprint density at radius 3 is 2.93 bits per heavy atom. The molecular weight excluding hydrogens is 197 g/mol. The summed E-state index contributed by atoms with van der Waals surface area (Å²) in [6, 6.07) is 4.82. The second-order valence-electron chi connectivity index (χ2n) is 3.79. The number of hydrogen-bond acceptors (Lipinski definition) is 2. The molecule has 3 rings (SSSR count). The SMILES string of the molecule is Fc1ccc2nc(C3CCC3)sc2c1. The summed E-state index contributed by atoms with van der Waals surface area (Å²) in [7, 11) is 0. The van der Waals surface area contributed by atoms with Crippen LogP contribution >= 0.6 is 11.3 Å². The molecule has 72 valence electrons. The average Bonchev–Trinajstić information content (AvgIpc) is 2.43. The molecule has 0 radical (unpaired) electrons. The van der Waals surface area contributed by atoms with Crippen molar-refractivity contribution >= 4 is 21.6 Å². The summed E-state index contributed by atoms with van der Waals surface area (Å²) in [5.74, 6) is 0.483. The third-order valence-corrected chi connectivity index (χ3v) is 4.00. The van der Waals surface area contributed by atoms with Crippen LogP contribution < -0.4 is 0 Å². The van der Waals surface area contributed by atoms with Gasteiger partial charge in [0.2, 0.25) is 0 Å². The monoisotopic (exact) mass is 207 g/mol. The number of aromatic nitrogens is 1. The Bertz CT molecular complexity index is 473. The lowest BCUT2D eigenvalue weighted by Crippen LogP contribution is -2.07. The molecular formula is C11H10FNS. The second-order valence-corrected chi connectivity index (χ2v) is 4.85. The highest BCUT2D eigenvalue weighted by Crippen LogP contribution is 2.39. The second kappa shape index (κ2) is 3.02. The van der Waals surface area contributed by atoms with Crippen molar-refractivity contribution in [2.24, 2.45) is 0 Å². The van der Waals surface area contributed by atoms with E-state index in [-0.39, 0.29) is 5.82 Å². The Hall–Kier alpha value is -0.960. The van der Waals surface area contributed by atoms with Crippen molar-refractivity contribution < 1.29 is 4.39 Å². The molecule has 0 aliphatic heterocycles. The summed E-state index contributed by atoms with van der Waals surface area (Å²) in [5.41, 5.74) is 0.943. The minimum atomic E-state index is -0.165. The van der Waals surface area contributed by atoms with Crippen LogP contribution in [-0.4, -0.2) is 4.98 Å². The molecule has 2 aromatic rings. The van der Waals surface area contributed by atoms with Gasteiger partial charge in [0.25, 0.3) is 0 Å². The maximum absolute atomic E-state index is 12.9. The molecule has 1 aromatic heterocycles. The highest BCUT2D eigenvalue weighted by molar-refractivity contribution is 7.18. The van der Waals surface area contributed by atoms with E-state index in [0.717, 1.165) is 10.2 Å². The van der Waals surface area contributed by atoms with E-state index >= 15 is 0 Å². The molecule has 0 amide bonds. The fraction of sp³-hybridized carbons (Fsp3) is 0.364. The molecule has 1 aliphatic carbocycles. The van der Waals surface area contributed by atoms with E-state index in [4.69, 9.17) is 0 Å². The quantitative estimate of drug-likeness (QED) is 0.694. The Labute approximate surface area is 85.6 Å². The van der Waals surface area contributed by atoms with Crippen molar-refractivity contribution in [3.63, 3.8) is 0 Å². The Morgan fingerprint density at radius 2 is 2.21 bits per heavy atom. The molecule has 0 N–H and O–H groups in total. The minimum Gasteiger partial charge on any atom is -0.241 e. The van der Waals surface area contributed by atoms with E-state index in [1.54, 1.807) is 23.5 Å². The molecule has 1 heterocycles. The van der Waals surface area contributed by atoms with Gasteiger partial charge in [-0.3, -0.25) is 0 Å². The van der Waals surface area contributed by atoms with Crippen LogP contribution in [-0.2, 0) is 0 Å². The number of nitrogens with zero attached hydrogens (tertiary/aromatic N) is 1. The van der Waals surface area contributed by atoms with Gasteiger partial charge in [0.15, 0.2) is 0 Å². The average molecular weight is 207 g/mol. The third kappa shape index (κ3) is 1.23. The highest BCUT2D eigenvalue weighted by Gasteiger charge is 2.22. The summed E-state index contributed by atoms with van der Waals surface area (Å²) >= 11 is 1.64. The van der Waals surface area contributed by atoms with Crippen LogP contribution in [0.5, 0.6) is 0 Å². The van der Waals surface area contributed by atoms with Gasteiger partial charge >= 0.3 is 0 Å². The molecule has 1 aromatic carbocycles. The van der Waals surface area contributed by atoms with Gasteiger partial charge in [0, 0.05) is 5.92 Å². The summed E-state index contributed by atoms with van der Waals surface area (Å²) in [6.07, 6.45) is 3.82. The maximum Gasteiger partial charge on any atom is 0.124 e. The fourth-order valence-electron chi connectivity index (χ4n) is 1.75. The van der Waals surface area contributed by atoms with E-state index in [1.807, 2.05) is 0 Å². The van der Waals surface area contributed by atoms with Crippen LogP contribution in [0.2, 0.25) is 0 Å². The van der Waals surface area contributed by atoms with E-state index in [1.165, 1.54) is 30.3 Å². The zero-order chi connectivity index (χ0) is 9.54. The topological polar surface area (TPSA) is 12.9 Å². The predicted octanol–water partition coefficient (Wildman–Crippen LogP) is 3.70. The molecule has 0 saturated heterocycles. The smallest absolute Gasteiger partial charge is 0.124 e. The molecule has 1 saturated carbocycles. The highest BCUT2D eigenvalue weighted by atomic mass is 32.1. The van der Waals surface area contributed by atoms with Gasteiger partial charge in [-0.1, -0.05) is 6.42 Å². The molecule has 0 unspecified atom stereocenters. The van der Waals surface area contributed by atoms with E-state index < -0.39 is 0 Å². The van der Waals surface area contributed by atoms with Crippen molar-refractivity contribution in [2.45, 2.75) is 25.2 Å². The van der Waals surface area contributed by atoms with Crippen molar-refractivity contribution in [3.05, 3.63) is 29.0 Å². The first-order chi connectivity index (χ1) is 6.83. The first kappa shape index (κ1) is 8.36. The van der Waals surface area contributed by atoms with E-state index in [9.17, 15) is 4.39 Å². The largest absolute Gasteiger partial charge is 0.241 e. The van der Waals surface area contributed by atoms with Gasteiger partial charge in [-0.25, -0.2) is 9.37 Å². The molecule has 1 aliphatic rings. The Kier molecular flexibility index (Phi) is 1.80. The maximum atomic E-state index is 12.9. The molecule has 0 atom stereocenters. The molecule has 1 fully saturated rings. The lowest BCUT2D eigenvalue weighted by atomic mass is 9.86. The van der Waals surface area contributed by atoms with Crippen molar-refractivity contribution in [3.8, 4) is 0 Å². The standard InChI is InChI=1S/C11H10FNS/c12-8-4-5-9-10(6-8)14-11(13-9)7-2-1-3-7/h4-7H,1-3H2. The number of thiazole rings is 1. The molecule has 14 heavy (non-hydrogen) atoms. The van der Waals surface area contributed by atoms with E-state index in [2.05, 4.69) is 4.98 Å². The number of fused-ring (bicyclic) bond motifs is 1. The minimum absolute atomic E-state index is 0.165. The zero-order valence-electron chi connectivity index (χ0n) is 7.66. The van der Waals surface area contributed by atoms with Gasteiger partial charge in [-0.05, 0) is 31.0 Å². The van der Waals surface area contributed by atoms with Crippen molar-refractivity contribution in [1.29, 1.82) is 0 Å². The number of benzene rings is 1. The zero-order valence-corrected chi connectivity index (χ0v) is 8.48. The molecule has 0 bridgehead atoms. The van der Waals surface area contributed by atoms with Crippen LogP contribution in [0.25, 0.3) is 10.2 Å². The van der Waals surface area contributed by atoms with Crippen LogP contribution in [0.3, 0.4) is 0 Å². The molecule has 1 nitrogen and oxygen atoms in total. The van der Waals surface area contributed by atoms with Crippen LogP contribution in [0, 0.1) is 5.82 Å². The van der Waals surface area contributed by atoms with Gasteiger partial charge in [0.1, 0.15) is 5.82 Å². The first-order valence-corrected chi connectivity index (χ1v) is 5.70. The Balaban J connectivity index is 2.10. The summed E-state index contributed by atoms with van der Waals surface area (Å²) in [5, 5.41) is 1.19. The van der Waals surface area contributed by atoms with Gasteiger partial charge in [0.05, 0.1) is 15.2 Å². The van der Waals surface area contributed by atoms with Crippen molar-refractivity contribution in [1.82, 2.24) is 4.98 Å². The normalized spacial score (nSPS) is 17.2. The number of halogens is 1. The van der Waals surface area contributed by atoms with Crippen molar-refractivity contribution in [2.75, 3.05) is 0 Å². The summed E-state index contributed by atoms with van der Waals surface area (Å²) in [4.78, 5) is 4.53. The van der Waals surface area contributed by atoms with Crippen LogP contribution in [0.4, 0.5) is 4.39 Å². The lowest BCUT2D eigenvalue weighted by Gasteiger charge is -2.22. The van der Waals surface area contributed by atoms with Gasteiger partial charge < -0.3 is 0 Å². The number of rotatable bonds is 1. The predicted molar refractivity (Wildman–Crippen MR) is 56.2 cm³/mol. The first-order valence-electron chi connectivity index (χ1n) is 4.89. The lowest BCUT2D eigenvalue weighted by molar-refractivity contribution is 0.419. The Morgan fingerprint density at radius 1 is 1.36 bits per heavy atom. The summed E-state index contributed by atoms with van der Waals surface area (Å²) in [6.45, 7) is 0. The molecule has 0 spiro atoms. The molecule has 3 heteroatoms. The van der Waals surface area contributed by atoms with E-state index in [0.29, 0.717) is 5.92 Å². The van der Waals surface area contributed by atoms with Gasteiger partial charge in [-0.2, -0.15) is 0 Å². The van der Waals surface area contributed by atoms with Crippen LogP contribution in [0.15, 0.2) is 18.2 Å². The summed E-state index contributed by atoms with van der Waals surface area (Å²) < 4.78 is 13.9. The number of hydrogen-bond donors (Lipinski definition) is 0. The fourth-order valence-corrected chi connectivity index (χ4v) is 2.91. The van der Waals surface area contributed by atoms with Gasteiger partial charge in [-0.15, -0.1) is 11.3 Å². The third-order valence-electron chi connectivity index (χ3n) is 2.82. The van der Waals surface area contributed by atoms with Crippen LogP contribution in [0.1, 0.15) is 30.2 Å².